The van der Waals surface area contributed by atoms with Crippen LogP contribution in [0.5, 0.6) is 0 Å². The summed E-state index contributed by atoms with van der Waals surface area (Å²) < 4.78 is 1.14. The Kier molecular flexibility index (Phi) is 5.00. The molecule has 5 heteroatoms. The van der Waals surface area contributed by atoms with E-state index in [0.29, 0.717) is 12.8 Å². The summed E-state index contributed by atoms with van der Waals surface area (Å²) in [6, 6.07) is 15.6. The number of carbonyl (C=O) groups excluding carboxylic acids is 1. The van der Waals surface area contributed by atoms with Crippen molar-refractivity contribution >= 4 is 27.3 Å². The average molecular weight is 326 g/mol. The van der Waals surface area contributed by atoms with Gasteiger partial charge in [0, 0.05) is 34.4 Å². The number of rotatable bonds is 6. The predicted molar refractivity (Wildman–Crippen MR) is 92.4 cm³/mol. The van der Waals surface area contributed by atoms with Gasteiger partial charge in [-0.25, -0.2) is 0 Å². The molecule has 0 aliphatic carbocycles. The van der Waals surface area contributed by atoms with Crippen LogP contribution < -0.4 is 5.32 Å². The molecule has 0 fully saturated rings. The van der Waals surface area contributed by atoms with E-state index >= 15 is 0 Å². The van der Waals surface area contributed by atoms with E-state index < -0.39 is 6.10 Å². The lowest BCUT2D eigenvalue weighted by atomic mass is 10.2. The Balaban J connectivity index is 1.50. The zero-order valence-electron chi connectivity index (χ0n) is 12.6. The molecule has 0 saturated carbocycles. The Hall–Kier alpha value is -2.24. The highest BCUT2D eigenvalue weighted by Crippen LogP contribution is 2.29. The lowest BCUT2D eigenvalue weighted by Crippen LogP contribution is -2.28. The zero-order valence-corrected chi connectivity index (χ0v) is 13.4. The molecule has 118 valence electrons. The van der Waals surface area contributed by atoms with Crippen LogP contribution in [0.25, 0.3) is 10.1 Å². The van der Waals surface area contributed by atoms with Gasteiger partial charge in [-0.15, -0.1) is 11.3 Å². The third-order valence-electron chi connectivity index (χ3n) is 3.60. The first-order chi connectivity index (χ1) is 11.2. The van der Waals surface area contributed by atoms with Crippen molar-refractivity contribution in [3.05, 3.63) is 65.3 Å². The SMILES string of the molecule is O=C(CCc1ccccn1)NC[C@@H](O)c1cc2ccccc2s1. The number of aryl methyl sites for hydroxylation is 1. The molecule has 1 atom stereocenters. The maximum Gasteiger partial charge on any atom is 0.220 e. The molecule has 1 aromatic carbocycles. The molecule has 0 spiro atoms. The van der Waals surface area contributed by atoms with Crippen molar-refractivity contribution in [3.63, 3.8) is 0 Å². The second-order valence-electron chi connectivity index (χ2n) is 5.33. The maximum absolute atomic E-state index is 11.9. The number of nitrogens with one attached hydrogen (secondary N) is 1. The number of aliphatic hydroxyl groups excluding tert-OH is 1. The van der Waals surface area contributed by atoms with E-state index in [2.05, 4.69) is 10.3 Å². The summed E-state index contributed by atoms with van der Waals surface area (Å²) in [5.74, 6) is -0.0733. The van der Waals surface area contributed by atoms with Gasteiger partial charge < -0.3 is 10.4 Å². The largest absolute Gasteiger partial charge is 0.386 e. The summed E-state index contributed by atoms with van der Waals surface area (Å²) in [5.41, 5.74) is 0.896. The second-order valence-corrected chi connectivity index (χ2v) is 6.44. The van der Waals surface area contributed by atoms with Gasteiger partial charge in [0.1, 0.15) is 6.10 Å². The Labute approximate surface area is 138 Å². The van der Waals surface area contributed by atoms with Gasteiger partial charge in [0.05, 0.1) is 0 Å². The molecule has 23 heavy (non-hydrogen) atoms. The molecule has 0 radical (unpaired) electrons. The summed E-state index contributed by atoms with van der Waals surface area (Å²) in [4.78, 5) is 16.9. The van der Waals surface area contributed by atoms with Crippen LogP contribution in [0, 0.1) is 0 Å². The van der Waals surface area contributed by atoms with E-state index in [0.717, 1.165) is 20.7 Å². The predicted octanol–water partition coefficient (Wildman–Crippen LogP) is 3.08. The smallest absolute Gasteiger partial charge is 0.220 e. The van der Waals surface area contributed by atoms with Gasteiger partial charge in [-0.3, -0.25) is 9.78 Å². The normalized spacial score (nSPS) is 12.2. The van der Waals surface area contributed by atoms with Gasteiger partial charge in [-0.05, 0) is 36.1 Å². The molecule has 0 aliphatic rings. The van der Waals surface area contributed by atoms with Crippen LogP contribution in [-0.4, -0.2) is 22.5 Å². The molecule has 0 unspecified atom stereocenters. The van der Waals surface area contributed by atoms with Gasteiger partial charge in [0.2, 0.25) is 5.91 Å². The van der Waals surface area contributed by atoms with E-state index in [1.165, 1.54) is 0 Å². The minimum absolute atomic E-state index is 0.0733. The number of fused-ring (bicyclic) bond motifs is 1. The quantitative estimate of drug-likeness (QED) is 0.732. The molecular weight excluding hydrogens is 308 g/mol. The summed E-state index contributed by atoms with van der Waals surface area (Å²) >= 11 is 1.56. The fourth-order valence-corrected chi connectivity index (χ4v) is 3.40. The van der Waals surface area contributed by atoms with Crippen molar-refractivity contribution in [3.8, 4) is 0 Å². The first kappa shape index (κ1) is 15.6. The van der Waals surface area contributed by atoms with Crippen LogP contribution in [0.15, 0.2) is 54.7 Å². The standard InChI is InChI=1S/C18H18N2O2S/c21-15(17-11-13-5-1-2-7-16(13)23-17)12-20-18(22)9-8-14-6-3-4-10-19-14/h1-7,10-11,15,21H,8-9,12H2,(H,20,22)/t15-/m1/s1. The van der Waals surface area contributed by atoms with E-state index in [-0.39, 0.29) is 12.5 Å². The van der Waals surface area contributed by atoms with Gasteiger partial charge in [-0.1, -0.05) is 24.3 Å². The average Bonchev–Trinajstić information content (AvgIpc) is 3.03. The van der Waals surface area contributed by atoms with Crippen LogP contribution in [-0.2, 0) is 11.2 Å². The lowest BCUT2D eigenvalue weighted by molar-refractivity contribution is -0.121. The first-order valence-corrected chi connectivity index (χ1v) is 8.37. The fourth-order valence-electron chi connectivity index (χ4n) is 2.35. The van der Waals surface area contributed by atoms with Crippen LogP contribution >= 0.6 is 11.3 Å². The van der Waals surface area contributed by atoms with Crippen molar-refractivity contribution < 1.29 is 9.90 Å². The van der Waals surface area contributed by atoms with E-state index in [4.69, 9.17) is 0 Å². The summed E-state index contributed by atoms with van der Waals surface area (Å²) in [6.07, 6.45) is 2.02. The highest BCUT2D eigenvalue weighted by molar-refractivity contribution is 7.19. The number of hydrogen-bond donors (Lipinski definition) is 2. The summed E-state index contributed by atoms with van der Waals surface area (Å²) in [5, 5.41) is 14.1. The minimum atomic E-state index is -0.675. The van der Waals surface area contributed by atoms with Crippen LogP contribution in [0.3, 0.4) is 0 Å². The molecule has 0 saturated heterocycles. The lowest BCUT2D eigenvalue weighted by Gasteiger charge is -2.10. The number of thiophene rings is 1. The monoisotopic (exact) mass is 326 g/mol. The zero-order chi connectivity index (χ0) is 16.1. The third kappa shape index (κ3) is 4.15. The number of aromatic nitrogens is 1. The summed E-state index contributed by atoms with van der Waals surface area (Å²) in [7, 11) is 0. The number of carbonyl (C=O) groups is 1. The Morgan fingerprint density at radius 2 is 2.04 bits per heavy atom. The molecule has 0 aliphatic heterocycles. The highest BCUT2D eigenvalue weighted by atomic mass is 32.1. The second kappa shape index (κ2) is 7.35. The van der Waals surface area contributed by atoms with E-state index in [1.54, 1.807) is 17.5 Å². The molecular formula is C18H18N2O2S. The number of pyridine rings is 1. The molecule has 2 heterocycles. The topological polar surface area (TPSA) is 62.2 Å². The van der Waals surface area contributed by atoms with E-state index in [1.807, 2.05) is 48.5 Å². The van der Waals surface area contributed by atoms with Crippen LogP contribution in [0.2, 0.25) is 0 Å². The molecule has 4 nitrogen and oxygen atoms in total. The van der Waals surface area contributed by atoms with Crippen molar-refractivity contribution in [2.45, 2.75) is 18.9 Å². The number of hydrogen-bond acceptors (Lipinski definition) is 4. The van der Waals surface area contributed by atoms with Gasteiger partial charge >= 0.3 is 0 Å². The molecule has 2 N–H and O–H groups in total. The van der Waals surface area contributed by atoms with Gasteiger partial charge in [0.25, 0.3) is 0 Å². The van der Waals surface area contributed by atoms with Crippen molar-refractivity contribution in [2.75, 3.05) is 6.54 Å². The first-order valence-electron chi connectivity index (χ1n) is 7.55. The van der Waals surface area contributed by atoms with Crippen LogP contribution in [0.1, 0.15) is 23.1 Å². The van der Waals surface area contributed by atoms with Gasteiger partial charge in [-0.2, -0.15) is 0 Å². The Morgan fingerprint density at radius 3 is 2.83 bits per heavy atom. The third-order valence-corrected chi connectivity index (χ3v) is 4.82. The Morgan fingerprint density at radius 1 is 1.22 bits per heavy atom. The Bertz CT molecular complexity index is 753. The highest BCUT2D eigenvalue weighted by Gasteiger charge is 2.12. The van der Waals surface area contributed by atoms with Gasteiger partial charge in [0.15, 0.2) is 0 Å². The molecule has 3 aromatic rings. The number of benzene rings is 1. The number of nitrogens with zero attached hydrogens (tertiary/aromatic N) is 1. The molecule has 1 amide bonds. The molecule has 3 rings (SSSR count). The van der Waals surface area contributed by atoms with Crippen molar-refractivity contribution in [1.29, 1.82) is 0 Å². The van der Waals surface area contributed by atoms with Crippen molar-refractivity contribution in [1.82, 2.24) is 10.3 Å². The van der Waals surface area contributed by atoms with Crippen LogP contribution in [0.4, 0.5) is 0 Å². The number of aliphatic hydroxyl groups is 1. The molecule has 2 aromatic heterocycles. The maximum atomic E-state index is 11.9. The molecule has 0 bridgehead atoms. The number of amides is 1. The fraction of sp³-hybridized carbons (Fsp3) is 0.222. The minimum Gasteiger partial charge on any atom is -0.386 e. The summed E-state index contributed by atoms with van der Waals surface area (Å²) in [6.45, 7) is 0.230. The van der Waals surface area contributed by atoms with Crippen molar-refractivity contribution in [2.24, 2.45) is 0 Å². The van der Waals surface area contributed by atoms with E-state index in [9.17, 15) is 9.90 Å².